The zero-order valence-electron chi connectivity index (χ0n) is 26.3. The van der Waals surface area contributed by atoms with Crippen LogP contribution in [0.5, 0.6) is 5.75 Å². The topological polar surface area (TPSA) is 97.0 Å². The Labute approximate surface area is 246 Å². The molecule has 0 aliphatic heterocycles. The van der Waals surface area contributed by atoms with Crippen molar-refractivity contribution in [2.24, 2.45) is 5.92 Å². The van der Waals surface area contributed by atoms with Crippen LogP contribution in [0.15, 0.2) is 42.5 Å². The van der Waals surface area contributed by atoms with Crippen LogP contribution >= 0.6 is 0 Å². The Kier molecular flexibility index (Phi) is 12.7. The lowest BCUT2D eigenvalue weighted by Crippen LogP contribution is -2.55. The smallest absolute Gasteiger partial charge is 0.408 e. The zero-order valence-corrected chi connectivity index (χ0v) is 26.3. The molecule has 8 nitrogen and oxygen atoms in total. The van der Waals surface area contributed by atoms with E-state index in [1.807, 2.05) is 45.9 Å². The summed E-state index contributed by atoms with van der Waals surface area (Å²) in [5.41, 5.74) is 2.52. The van der Waals surface area contributed by atoms with Crippen LogP contribution in [0.2, 0.25) is 0 Å². The van der Waals surface area contributed by atoms with E-state index >= 15 is 0 Å². The number of unbranched alkanes of at least 4 members (excludes halogenated alkanes) is 2. The highest BCUT2D eigenvalue weighted by Gasteiger charge is 2.38. The number of amides is 3. The molecule has 0 fully saturated rings. The van der Waals surface area contributed by atoms with Crippen molar-refractivity contribution in [2.45, 2.75) is 98.8 Å². The minimum Gasteiger partial charge on any atom is -0.497 e. The maximum absolute atomic E-state index is 14.4. The van der Waals surface area contributed by atoms with Gasteiger partial charge in [0.1, 0.15) is 23.4 Å². The van der Waals surface area contributed by atoms with E-state index in [0.717, 1.165) is 36.0 Å². The molecule has 2 N–H and O–H groups in total. The summed E-state index contributed by atoms with van der Waals surface area (Å²) in [7, 11) is 1.59. The minimum atomic E-state index is -0.909. The summed E-state index contributed by atoms with van der Waals surface area (Å²) < 4.78 is 10.8. The molecule has 8 heteroatoms. The predicted molar refractivity (Wildman–Crippen MR) is 164 cm³/mol. The Balaban J connectivity index is 2.60. The average molecular weight is 568 g/mol. The first kappa shape index (κ1) is 33.7. The Hall–Kier alpha value is -3.55. The van der Waals surface area contributed by atoms with Crippen molar-refractivity contribution in [2.75, 3.05) is 19.0 Å². The molecule has 226 valence electrons. The quantitative estimate of drug-likeness (QED) is 0.255. The fraction of sp³-hybridized carbons (Fsp3) is 0.545. The van der Waals surface area contributed by atoms with Crippen molar-refractivity contribution in [3.8, 4) is 5.75 Å². The van der Waals surface area contributed by atoms with Gasteiger partial charge in [0.15, 0.2) is 0 Å². The van der Waals surface area contributed by atoms with Crippen LogP contribution in [-0.2, 0) is 14.3 Å². The summed E-state index contributed by atoms with van der Waals surface area (Å²) in [6.07, 6.45) is 2.58. The molecule has 3 unspecified atom stereocenters. The van der Waals surface area contributed by atoms with Crippen LogP contribution in [0.4, 0.5) is 10.5 Å². The van der Waals surface area contributed by atoms with Gasteiger partial charge in [-0.05, 0) is 82.3 Å². The van der Waals surface area contributed by atoms with E-state index < -0.39 is 23.8 Å². The number of hydrogen-bond acceptors (Lipinski definition) is 5. The molecule has 0 radical (unpaired) electrons. The van der Waals surface area contributed by atoms with Crippen LogP contribution in [-0.4, -0.2) is 48.1 Å². The van der Waals surface area contributed by atoms with Crippen LogP contribution in [0.25, 0.3) is 0 Å². The van der Waals surface area contributed by atoms with Gasteiger partial charge < -0.3 is 25.0 Å². The number of methoxy groups -OCH3 is 1. The lowest BCUT2D eigenvalue weighted by molar-refractivity contribution is -0.142. The van der Waals surface area contributed by atoms with Gasteiger partial charge in [-0.3, -0.25) is 9.59 Å². The number of aryl methyl sites for hydroxylation is 2. The van der Waals surface area contributed by atoms with Crippen molar-refractivity contribution >= 4 is 23.6 Å². The van der Waals surface area contributed by atoms with E-state index in [1.54, 1.807) is 57.0 Å². The summed E-state index contributed by atoms with van der Waals surface area (Å²) in [5, 5.41) is 5.85. The molecule has 0 aromatic heterocycles. The summed E-state index contributed by atoms with van der Waals surface area (Å²) in [6.45, 7) is 15.6. The van der Waals surface area contributed by atoms with Gasteiger partial charge in [-0.25, -0.2) is 4.79 Å². The van der Waals surface area contributed by atoms with E-state index in [4.69, 9.17) is 9.47 Å². The first-order valence-corrected chi connectivity index (χ1v) is 14.6. The molecular weight excluding hydrogens is 518 g/mol. The maximum Gasteiger partial charge on any atom is 0.408 e. The van der Waals surface area contributed by atoms with Crippen LogP contribution in [0.3, 0.4) is 0 Å². The monoisotopic (exact) mass is 567 g/mol. The Morgan fingerprint density at radius 2 is 1.63 bits per heavy atom. The molecule has 0 heterocycles. The van der Waals surface area contributed by atoms with E-state index in [9.17, 15) is 14.4 Å². The second kappa shape index (κ2) is 15.5. The van der Waals surface area contributed by atoms with Gasteiger partial charge in [-0.15, -0.1) is 0 Å². The molecule has 2 rings (SSSR count). The average Bonchev–Trinajstić information content (AvgIpc) is 2.91. The first-order valence-electron chi connectivity index (χ1n) is 14.6. The third kappa shape index (κ3) is 10.1. The van der Waals surface area contributed by atoms with Gasteiger partial charge in [0.25, 0.3) is 5.91 Å². The third-order valence-corrected chi connectivity index (χ3v) is 7.08. The van der Waals surface area contributed by atoms with Crippen molar-refractivity contribution in [3.63, 3.8) is 0 Å². The lowest BCUT2D eigenvalue weighted by Gasteiger charge is -2.36. The highest BCUT2D eigenvalue weighted by Crippen LogP contribution is 2.30. The van der Waals surface area contributed by atoms with E-state index in [-0.39, 0.29) is 17.7 Å². The molecule has 0 bridgehead atoms. The normalized spacial score (nSPS) is 13.5. The van der Waals surface area contributed by atoms with Crippen molar-refractivity contribution in [3.05, 3.63) is 59.2 Å². The fourth-order valence-electron chi connectivity index (χ4n) is 4.59. The Morgan fingerprint density at radius 3 is 2.20 bits per heavy atom. The highest BCUT2D eigenvalue weighted by atomic mass is 16.6. The second-order valence-corrected chi connectivity index (χ2v) is 11.7. The Morgan fingerprint density at radius 1 is 0.976 bits per heavy atom. The fourth-order valence-corrected chi connectivity index (χ4v) is 4.59. The number of hydrogen-bond donors (Lipinski definition) is 2. The predicted octanol–water partition coefficient (Wildman–Crippen LogP) is 6.95. The summed E-state index contributed by atoms with van der Waals surface area (Å²) in [5.74, 6) is -0.145. The van der Waals surface area contributed by atoms with Crippen LogP contribution in [0, 0.1) is 19.8 Å². The van der Waals surface area contributed by atoms with Gasteiger partial charge in [-0.1, -0.05) is 63.8 Å². The third-order valence-electron chi connectivity index (χ3n) is 7.08. The SMILES string of the molecule is CCCCCN(C(=O)C(NC(=O)OC(C)(C)C)C(C)CC)C(C(=O)Nc1ccc(OC)cc1)c1cc(C)ccc1C. The number of alkyl carbamates (subject to hydrolysis) is 1. The number of carbonyl (C=O) groups is 3. The molecule has 0 spiro atoms. The second-order valence-electron chi connectivity index (χ2n) is 11.7. The number of nitrogens with zero attached hydrogens (tertiary/aromatic N) is 1. The number of anilines is 1. The first-order chi connectivity index (χ1) is 19.3. The van der Waals surface area contributed by atoms with Gasteiger partial charge in [0.2, 0.25) is 5.91 Å². The van der Waals surface area contributed by atoms with Gasteiger partial charge in [0, 0.05) is 12.2 Å². The summed E-state index contributed by atoms with van der Waals surface area (Å²) in [4.78, 5) is 43.1. The standard InChI is InChI=1S/C33H49N3O5/c1-10-12-13-20-36(31(38)28(23(4)11-2)35-32(39)41-33(6,7)8)29(27-21-22(3)14-15-24(27)5)30(37)34-25-16-18-26(40-9)19-17-25/h14-19,21,23,28-29H,10-13,20H2,1-9H3,(H,34,37)(H,35,39). The Bertz CT molecular complexity index is 1160. The summed E-state index contributed by atoms with van der Waals surface area (Å²) in [6, 6.07) is 11.2. The van der Waals surface area contributed by atoms with E-state index in [2.05, 4.69) is 17.6 Å². The highest BCUT2D eigenvalue weighted by molar-refractivity contribution is 5.99. The number of nitrogens with one attached hydrogen (secondary N) is 2. The molecule has 41 heavy (non-hydrogen) atoms. The number of rotatable bonds is 13. The number of ether oxygens (including phenoxy) is 2. The van der Waals surface area contributed by atoms with E-state index in [0.29, 0.717) is 24.4 Å². The minimum absolute atomic E-state index is 0.187. The van der Waals surface area contributed by atoms with Gasteiger partial charge >= 0.3 is 6.09 Å². The molecule has 0 saturated heterocycles. The van der Waals surface area contributed by atoms with Crippen LogP contribution in [0.1, 0.15) is 90.0 Å². The molecule has 2 aromatic carbocycles. The van der Waals surface area contributed by atoms with Crippen LogP contribution < -0.4 is 15.4 Å². The summed E-state index contributed by atoms with van der Waals surface area (Å²) >= 11 is 0. The van der Waals surface area contributed by atoms with Crippen molar-refractivity contribution in [1.82, 2.24) is 10.2 Å². The van der Waals surface area contributed by atoms with Crippen molar-refractivity contribution < 1.29 is 23.9 Å². The molecule has 3 amide bonds. The maximum atomic E-state index is 14.4. The number of benzene rings is 2. The largest absolute Gasteiger partial charge is 0.497 e. The molecule has 3 atom stereocenters. The van der Waals surface area contributed by atoms with Gasteiger partial charge in [-0.2, -0.15) is 0 Å². The molecule has 0 aliphatic rings. The van der Waals surface area contributed by atoms with Crippen molar-refractivity contribution in [1.29, 1.82) is 0 Å². The molecule has 0 saturated carbocycles. The van der Waals surface area contributed by atoms with Gasteiger partial charge in [0.05, 0.1) is 7.11 Å². The zero-order chi connectivity index (χ0) is 30.7. The number of carbonyl (C=O) groups excluding carboxylic acids is 3. The molecule has 0 aliphatic carbocycles. The molecular formula is C33H49N3O5. The van der Waals surface area contributed by atoms with E-state index in [1.165, 1.54) is 0 Å². The molecule has 2 aromatic rings. The lowest BCUT2D eigenvalue weighted by atomic mass is 9.93.